The van der Waals surface area contributed by atoms with Gasteiger partial charge in [-0.05, 0) is 31.3 Å². The zero-order chi connectivity index (χ0) is 15.6. The van der Waals surface area contributed by atoms with Crippen LogP contribution in [0.3, 0.4) is 0 Å². The SMILES string of the molecule is CNS(=O)(=O)c1ccc(CNc2ccc(F)c(F)c2F)o1. The maximum absolute atomic E-state index is 13.4. The van der Waals surface area contributed by atoms with Crippen molar-refractivity contribution in [2.24, 2.45) is 0 Å². The van der Waals surface area contributed by atoms with Crippen LogP contribution in [0.25, 0.3) is 0 Å². The van der Waals surface area contributed by atoms with E-state index in [2.05, 4.69) is 10.0 Å². The Hall–Kier alpha value is -2.00. The second-order valence-corrected chi connectivity index (χ2v) is 5.82. The summed E-state index contributed by atoms with van der Waals surface area (Å²) in [7, 11) is -2.48. The van der Waals surface area contributed by atoms with Gasteiger partial charge in [0.05, 0.1) is 12.2 Å². The molecule has 1 aromatic heterocycles. The fourth-order valence-electron chi connectivity index (χ4n) is 1.54. The number of rotatable bonds is 5. The lowest BCUT2D eigenvalue weighted by Gasteiger charge is -2.06. The first-order chi connectivity index (χ1) is 9.85. The van der Waals surface area contributed by atoms with Crippen molar-refractivity contribution in [2.45, 2.75) is 11.6 Å². The first kappa shape index (κ1) is 15.4. The third-order valence-electron chi connectivity index (χ3n) is 2.66. The predicted molar refractivity (Wildman–Crippen MR) is 68.6 cm³/mol. The standard InChI is InChI=1S/C12H11F3N2O3S/c1-16-21(18,19)10-5-2-7(20-10)6-17-9-4-3-8(13)11(14)12(9)15/h2-5,16-17H,6H2,1H3. The summed E-state index contributed by atoms with van der Waals surface area (Å²) in [4.78, 5) is 0. The maximum Gasteiger partial charge on any atom is 0.273 e. The Morgan fingerprint density at radius 2 is 1.81 bits per heavy atom. The molecule has 0 unspecified atom stereocenters. The third kappa shape index (κ3) is 3.19. The van der Waals surface area contributed by atoms with Gasteiger partial charge in [-0.3, -0.25) is 0 Å². The summed E-state index contributed by atoms with van der Waals surface area (Å²) in [6.07, 6.45) is 0. The second-order valence-electron chi connectivity index (χ2n) is 4.00. The van der Waals surface area contributed by atoms with E-state index in [0.717, 1.165) is 12.1 Å². The molecule has 1 aromatic carbocycles. The number of hydrogen-bond acceptors (Lipinski definition) is 4. The third-order valence-corrected chi connectivity index (χ3v) is 3.95. The van der Waals surface area contributed by atoms with Crippen LogP contribution in [0.5, 0.6) is 0 Å². The second kappa shape index (κ2) is 5.78. The van der Waals surface area contributed by atoms with Crippen LogP contribution in [0.15, 0.2) is 33.8 Å². The average Bonchev–Trinajstić information content (AvgIpc) is 2.94. The minimum atomic E-state index is -3.71. The Bertz CT molecular complexity index is 759. The molecular weight excluding hydrogens is 309 g/mol. The van der Waals surface area contributed by atoms with Gasteiger partial charge in [-0.25, -0.2) is 26.3 Å². The number of hydrogen-bond donors (Lipinski definition) is 2. The molecule has 2 aromatic rings. The van der Waals surface area contributed by atoms with E-state index in [1.54, 1.807) is 0 Å². The number of anilines is 1. The van der Waals surface area contributed by atoms with Crippen molar-refractivity contribution in [1.82, 2.24) is 4.72 Å². The van der Waals surface area contributed by atoms with E-state index in [9.17, 15) is 21.6 Å². The highest BCUT2D eigenvalue weighted by Gasteiger charge is 2.17. The zero-order valence-corrected chi connectivity index (χ0v) is 11.6. The first-order valence-corrected chi connectivity index (χ1v) is 7.23. The maximum atomic E-state index is 13.4. The Morgan fingerprint density at radius 3 is 2.48 bits per heavy atom. The fourth-order valence-corrected chi connectivity index (χ4v) is 2.21. The van der Waals surface area contributed by atoms with E-state index in [4.69, 9.17) is 4.42 Å². The van der Waals surface area contributed by atoms with Gasteiger partial charge in [0.25, 0.3) is 10.0 Å². The van der Waals surface area contributed by atoms with Crippen LogP contribution in [0, 0.1) is 17.5 Å². The number of sulfonamides is 1. The largest absolute Gasteiger partial charge is 0.446 e. The van der Waals surface area contributed by atoms with Crippen LogP contribution in [0.2, 0.25) is 0 Å². The molecule has 1 heterocycles. The zero-order valence-electron chi connectivity index (χ0n) is 10.8. The molecule has 0 fully saturated rings. The minimum Gasteiger partial charge on any atom is -0.446 e. The van der Waals surface area contributed by atoms with Gasteiger partial charge in [-0.15, -0.1) is 0 Å². The average molecular weight is 320 g/mol. The molecule has 0 saturated heterocycles. The lowest BCUT2D eigenvalue weighted by molar-refractivity contribution is 0.416. The van der Waals surface area contributed by atoms with E-state index in [1.165, 1.54) is 19.2 Å². The van der Waals surface area contributed by atoms with Crippen molar-refractivity contribution < 1.29 is 26.0 Å². The topological polar surface area (TPSA) is 71.3 Å². The Balaban J connectivity index is 2.13. The molecule has 0 radical (unpaired) electrons. The smallest absolute Gasteiger partial charge is 0.273 e. The fraction of sp³-hybridized carbons (Fsp3) is 0.167. The Labute approximate surface area is 118 Å². The summed E-state index contributed by atoms with van der Waals surface area (Å²) in [5.74, 6) is -4.05. The highest BCUT2D eigenvalue weighted by atomic mass is 32.2. The minimum absolute atomic E-state index is 0.0960. The van der Waals surface area contributed by atoms with E-state index in [0.29, 0.717) is 0 Å². The van der Waals surface area contributed by atoms with Crippen LogP contribution in [0.1, 0.15) is 5.76 Å². The normalized spacial score (nSPS) is 11.6. The van der Waals surface area contributed by atoms with Gasteiger partial charge in [0.1, 0.15) is 5.76 Å². The van der Waals surface area contributed by atoms with Crippen molar-refractivity contribution in [3.8, 4) is 0 Å². The van der Waals surface area contributed by atoms with Crippen molar-refractivity contribution >= 4 is 15.7 Å². The molecule has 2 rings (SSSR count). The van der Waals surface area contributed by atoms with E-state index in [1.807, 2.05) is 0 Å². The van der Waals surface area contributed by atoms with Crippen LogP contribution in [0.4, 0.5) is 18.9 Å². The number of benzene rings is 1. The first-order valence-electron chi connectivity index (χ1n) is 5.75. The quantitative estimate of drug-likeness (QED) is 0.829. The number of nitrogens with one attached hydrogen (secondary N) is 2. The molecule has 0 aliphatic carbocycles. The highest BCUT2D eigenvalue weighted by Crippen LogP contribution is 2.21. The van der Waals surface area contributed by atoms with Gasteiger partial charge >= 0.3 is 0 Å². The van der Waals surface area contributed by atoms with Gasteiger partial charge in [-0.2, -0.15) is 0 Å². The molecule has 114 valence electrons. The molecule has 5 nitrogen and oxygen atoms in total. The summed E-state index contributed by atoms with van der Waals surface area (Å²) in [5, 5.41) is 2.19. The van der Waals surface area contributed by atoms with Gasteiger partial charge < -0.3 is 9.73 Å². The molecule has 0 aliphatic heterocycles. The Kier molecular flexibility index (Phi) is 4.24. The summed E-state index contributed by atoms with van der Waals surface area (Å²) in [5.41, 5.74) is -0.261. The van der Waals surface area contributed by atoms with Crippen LogP contribution >= 0.6 is 0 Å². The van der Waals surface area contributed by atoms with Crippen molar-refractivity contribution in [1.29, 1.82) is 0 Å². The van der Waals surface area contributed by atoms with E-state index >= 15 is 0 Å². The van der Waals surface area contributed by atoms with Crippen LogP contribution < -0.4 is 10.0 Å². The van der Waals surface area contributed by atoms with Crippen molar-refractivity contribution in [3.05, 3.63) is 47.5 Å². The monoisotopic (exact) mass is 320 g/mol. The van der Waals surface area contributed by atoms with Crippen molar-refractivity contribution in [3.63, 3.8) is 0 Å². The molecule has 0 aliphatic rings. The van der Waals surface area contributed by atoms with Crippen LogP contribution in [-0.4, -0.2) is 15.5 Å². The summed E-state index contributed by atoms with van der Waals surface area (Å²) in [6.45, 7) is -0.0960. The van der Waals surface area contributed by atoms with Crippen LogP contribution in [-0.2, 0) is 16.6 Å². The molecule has 21 heavy (non-hydrogen) atoms. The van der Waals surface area contributed by atoms with Gasteiger partial charge in [-0.1, -0.05) is 0 Å². The summed E-state index contributed by atoms with van der Waals surface area (Å²) < 4.78 is 69.2. The lowest BCUT2D eigenvalue weighted by atomic mass is 10.2. The molecule has 9 heteroatoms. The molecule has 0 atom stereocenters. The van der Waals surface area contributed by atoms with Gasteiger partial charge in [0.15, 0.2) is 17.5 Å². The number of halogens is 3. The van der Waals surface area contributed by atoms with E-state index in [-0.39, 0.29) is 23.1 Å². The summed E-state index contributed by atoms with van der Waals surface area (Å²) in [6, 6.07) is 4.40. The van der Waals surface area contributed by atoms with E-state index < -0.39 is 27.5 Å². The van der Waals surface area contributed by atoms with Gasteiger partial charge in [0, 0.05) is 0 Å². The molecule has 0 spiro atoms. The summed E-state index contributed by atoms with van der Waals surface area (Å²) >= 11 is 0. The number of furan rings is 1. The highest BCUT2D eigenvalue weighted by molar-refractivity contribution is 7.89. The molecule has 0 amide bonds. The molecular formula is C12H11F3N2O3S. The molecule has 0 bridgehead atoms. The molecule has 0 saturated carbocycles. The van der Waals surface area contributed by atoms with Crippen molar-refractivity contribution in [2.75, 3.05) is 12.4 Å². The van der Waals surface area contributed by atoms with Gasteiger partial charge in [0.2, 0.25) is 5.09 Å². The predicted octanol–water partition coefficient (Wildman–Crippen LogP) is 2.22. The lowest BCUT2D eigenvalue weighted by Crippen LogP contribution is -2.17. The Morgan fingerprint density at radius 1 is 1.10 bits per heavy atom. The molecule has 2 N–H and O–H groups in total.